The molecule has 1 aliphatic heterocycles. The third-order valence-corrected chi connectivity index (χ3v) is 5.74. The lowest BCUT2D eigenvalue weighted by Crippen LogP contribution is -2.46. The van der Waals surface area contributed by atoms with Crippen LogP contribution in [0, 0.1) is 0 Å². The van der Waals surface area contributed by atoms with E-state index >= 15 is 0 Å². The van der Waals surface area contributed by atoms with E-state index < -0.39 is 12.1 Å². The summed E-state index contributed by atoms with van der Waals surface area (Å²) in [4.78, 5) is 36.7. The van der Waals surface area contributed by atoms with Gasteiger partial charge in [0.25, 0.3) is 5.91 Å². The van der Waals surface area contributed by atoms with Crippen molar-refractivity contribution in [2.45, 2.75) is 18.6 Å². The van der Waals surface area contributed by atoms with Gasteiger partial charge in [-0.3, -0.25) is 14.6 Å². The largest absolute Gasteiger partial charge is 0.399 e. The Balaban J connectivity index is 1.47. The Kier molecular flexibility index (Phi) is 7.29. The number of aromatic nitrogens is 1. The fourth-order valence-electron chi connectivity index (χ4n) is 3.97. The molecule has 1 aliphatic rings. The van der Waals surface area contributed by atoms with Gasteiger partial charge in [-0.25, -0.2) is 0 Å². The fraction of sp³-hybridized carbons (Fsp3) is 0.231. The summed E-state index contributed by atoms with van der Waals surface area (Å²) in [6.45, 7) is 0.233. The highest BCUT2D eigenvalue weighted by atomic mass is 16.6. The Morgan fingerprint density at radius 2 is 1.76 bits per heavy atom. The first-order valence-electron chi connectivity index (χ1n) is 11.0. The van der Waals surface area contributed by atoms with Crippen LogP contribution in [0.2, 0.25) is 0 Å². The molecule has 1 fully saturated rings. The number of aliphatic hydroxyl groups excluding tert-OH is 1. The van der Waals surface area contributed by atoms with Crippen LogP contribution in [0.3, 0.4) is 0 Å². The van der Waals surface area contributed by atoms with Crippen LogP contribution in [0.25, 0.3) is 11.1 Å². The van der Waals surface area contributed by atoms with Crippen LogP contribution < -0.4 is 5.32 Å². The maximum Gasteiger partial charge on any atom is 0.254 e. The normalized spacial score (nSPS) is 17.4. The van der Waals surface area contributed by atoms with E-state index in [0.29, 0.717) is 16.8 Å². The number of oxime groups is 1. The molecule has 1 saturated heterocycles. The molecule has 2 heterocycles. The van der Waals surface area contributed by atoms with Crippen molar-refractivity contribution in [3.63, 3.8) is 0 Å². The van der Waals surface area contributed by atoms with E-state index in [1.54, 1.807) is 36.7 Å². The molecule has 174 valence electrons. The summed E-state index contributed by atoms with van der Waals surface area (Å²) in [5.74, 6) is -0.621. The highest BCUT2D eigenvalue weighted by Gasteiger charge is 2.38. The van der Waals surface area contributed by atoms with Gasteiger partial charge in [0, 0.05) is 30.9 Å². The molecule has 2 aromatic carbocycles. The smallest absolute Gasteiger partial charge is 0.254 e. The van der Waals surface area contributed by atoms with Gasteiger partial charge >= 0.3 is 0 Å². The highest BCUT2D eigenvalue weighted by Crippen LogP contribution is 2.23. The van der Waals surface area contributed by atoms with Crippen LogP contribution in [-0.2, 0) is 9.63 Å². The van der Waals surface area contributed by atoms with Crippen LogP contribution in [0.4, 0.5) is 0 Å². The second-order valence-corrected chi connectivity index (χ2v) is 7.98. The van der Waals surface area contributed by atoms with Crippen molar-refractivity contribution in [1.82, 2.24) is 15.2 Å². The van der Waals surface area contributed by atoms with Gasteiger partial charge in [0.15, 0.2) is 0 Å². The predicted octanol–water partition coefficient (Wildman–Crippen LogP) is 2.82. The topological polar surface area (TPSA) is 104 Å². The number of carbonyl (C=O) groups excluding carboxylic acids is 2. The van der Waals surface area contributed by atoms with Crippen LogP contribution >= 0.6 is 0 Å². The van der Waals surface area contributed by atoms with Crippen molar-refractivity contribution < 1.29 is 19.5 Å². The number of nitrogens with one attached hydrogen (secondary N) is 1. The van der Waals surface area contributed by atoms with Crippen molar-refractivity contribution in [2.75, 3.05) is 20.2 Å². The Hall–Kier alpha value is -4.04. The zero-order valence-electron chi connectivity index (χ0n) is 18.8. The van der Waals surface area contributed by atoms with Crippen LogP contribution in [0.5, 0.6) is 0 Å². The molecule has 0 saturated carbocycles. The van der Waals surface area contributed by atoms with E-state index in [-0.39, 0.29) is 31.3 Å². The second-order valence-electron chi connectivity index (χ2n) is 7.98. The molecule has 3 aromatic rings. The summed E-state index contributed by atoms with van der Waals surface area (Å²) >= 11 is 0. The first-order valence-corrected chi connectivity index (χ1v) is 11.0. The van der Waals surface area contributed by atoms with Crippen molar-refractivity contribution in [2.24, 2.45) is 5.16 Å². The third kappa shape index (κ3) is 5.29. The number of aliphatic hydroxyl groups is 1. The van der Waals surface area contributed by atoms with Crippen LogP contribution in [0.15, 0.2) is 84.3 Å². The molecule has 1 aromatic heterocycles. The minimum absolute atomic E-state index is 0.0404. The molecule has 0 bridgehead atoms. The Morgan fingerprint density at radius 1 is 1.09 bits per heavy atom. The monoisotopic (exact) mass is 458 g/mol. The Bertz CT molecular complexity index is 1150. The molecule has 0 spiro atoms. The molecule has 0 aliphatic carbocycles. The SMILES string of the molecule is CON=C1C[C@@H](C(=O)NC[C@H](O)c2ccccc2)N(C(=O)c2ccc(-c3ccncc3)cc2)C1. The van der Waals surface area contributed by atoms with Crippen molar-refractivity contribution in [3.8, 4) is 11.1 Å². The summed E-state index contributed by atoms with van der Waals surface area (Å²) in [5, 5.41) is 17.1. The lowest BCUT2D eigenvalue weighted by atomic mass is 10.0. The van der Waals surface area contributed by atoms with Crippen LogP contribution in [0.1, 0.15) is 28.4 Å². The number of likely N-dealkylation sites (tertiary alicyclic amines) is 1. The lowest BCUT2D eigenvalue weighted by molar-refractivity contribution is -0.125. The maximum atomic E-state index is 13.3. The van der Waals surface area contributed by atoms with Gasteiger partial charge in [-0.1, -0.05) is 47.6 Å². The number of nitrogens with zero attached hydrogens (tertiary/aromatic N) is 3. The Morgan fingerprint density at radius 3 is 2.44 bits per heavy atom. The number of amides is 2. The van der Waals surface area contributed by atoms with Crippen molar-refractivity contribution in [3.05, 3.63) is 90.3 Å². The van der Waals surface area contributed by atoms with E-state index in [0.717, 1.165) is 11.1 Å². The molecule has 8 heteroatoms. The van der Waals surface area contributed by atoms with Gasteiger partial charge < -0.3 is 20.2 Å². The molecule has 8 nitrogen and oxygen atoms in total. The number of rotatable bonds is 7. The summed E-state index contributed by atoms with van der Waals surface area (Å²) < 4.78 is 0. The molecule has 0 radical (unpaired) electrons. The fourth-order valence-corrected chi connectivity index (χ4v) is 3.97. The van der Waals surface area contributed by atoms with Crippen molar-refractivity contribution >= 4 is 17.5 Å². The average Bonchev–Trinajstić information content (AvgIpc) is 3.32. The third-order valence-electron chi connectivity index (χ3n) is 5.74. The zero-order chi connectivity index (χ0) is 23.9. The minimum atomic E-state index is -0.844. The second kappa shape index (κ2) is 10.7. The molecular formula is C26H26N4O4. The molecule has 34 heavy (non-hydrogen) atoms. The van der Waals surface area contributed by atoms with Gasteiger partial charge in [0.2, 0.25) is 5.91 Å². The molecule has 4 rings (SSSR count). The van der Waals surface area contributed by atoms with E-state index in [2.05, 4.69) is 15.5 Å². The van der Waals surface area contributed by atoms with E-state index in [1.165, 1.54) is 12.0 Å². The summed E-state index contributed by atoms with van der Waals surface area (Å²) in [6.07, 6.45) is 2.85. The first kappa shape index (κ1) is 23.1. The van der Waals surface area contributed by atoms with Gasteiger partial charge in [-0.15, -0.1) is 0 Å². The van der Waals surface area contributed by atoms with Crippen molar-refractivity contribution in [1.29, 1.82) is 0 Å². The molecule has 2 atom stereocenters. The molecule has 0 unspecified atom stereocenters. The Labute approximate surface area is 197 Å². The van der Waals surface area contributed by atoms with Gasteiger partial charge in [0.1, 0.15) is 13.2 Å². The first-order chi connectivity index (χ1) is 16.6. The zero-order valence-corrected chi connectivity index (χ0v) is 18.8. The number of benzene rings is 2. The molecule has 2 N–H and O–H groups in total. The quantitative estimate of drug-likeness (QED) is 0.530. The molecular weight excluding hydrogens is 432 g/mol. The van der Waals surface area contributed by atoms with Gasteiger partial charge in [-0.05, 0) is 41.0 Å². The van der Waals surface area contributed by atoms with Gasteiger partial charge in [-0.2, -0.15) is 0 Å². The maximum absolute atomic E-state index is 13.3. The summed E-state index contributed by atoms with van der Waals surface area (Å²) in [5.41, 5.74) is 3.75. The summed E-state index contributed by atoms with van der Waals surface area (Å²) in [7, 11) is 1.43. The van der Waals surface area contributed by atoms with Crippen LogP contribution in [-0.4, -0.2) is 58.8 Å². The minimum Gasteiger partial charge on any atom is -0.399 e. The number of carbonyl (C=O) groups is 2. The number of pyridine rings is 1. The summed E-state index contributed by atoms with van der Waals surface area (Å²) in [6, 6.07) is 19.4. The van der Waals surface area contributed by atoms with Gasteiger partial charge in [0.05, 0.1) is 18.4 Å². The average molecular weight is 459 g/mol. The van der Waals surface area contributed by atoms with E-state index in [1.807, 2.05) is 42.5 Å². The van der Waals surface area contributed by atoms with E-state index in [4.69, 9.17) is 4.84 Å². The standard InChI is InChI=1S/C26H26N4O4/c1-34-29-22-15-23(25(32)28-16-24(31)20-5-3-2-4-6-20)30(17-22)26(33)21-9-7-18(8-10-21)19-11-13-27-14-12-19/h2-14,23-24,31H,15-17H2,1H3,(H,28,32)/t23-,24-/m0/s1. The predicted molar refractivity (Wildman–Crippen MR) is 128 cm³/mol. The van der Waals surface area contributed by atoms with E-state index in [9.17, 15) is 14.7 Å². The number of hydrogen-bond acceptors (Lipinski definition) is 6. The molecule has 2 amide bonds. The number of hydrogen-bond donors (Lipinski definition) is 2. The highest BCUT2D eigenvalue weighted by molar-refractivity contribution is 6.05. The lowest BCUT2D eigenvalue weighted by Gasteiger charge is -2.24.